The first-order valence-electron chi connectivity index (χ1n) is 5.81. The van der Waals surface area contributed by atoms with Gasteiger partial charge in [-0.05, 0) is 36.5 Å². The van der Waals surface area contributed by atoms with Gasteiger partial charge in [0, 0.05) is 5.02 Å². The number of ether oxygens (including phenoxy) is 1. The van der Waals surface area contributed by atoms with Crippen LogP contribution in [0.2, 0.25) is 5.02 Å². The Balaban J connectivity index is 1.75. The van der Waals surface area contributed by atoms with Crippen molar-refractivity contribution in [3.8, 4) is 0 Å². The number of hydrogen-bond donors (Lipinski definition) is 0. The van der Waals surface area contributed by atoms with Crippen LogP contribution in [0.5, 0.6) is 0 Å². The first-order valence-corrected chi connectivity index (χ1v) is 6.18. The van der Waals surface area contributed by atoms with Crippen LogP contribution in [0.25, 0.3) is 0 Å². The largest absolute Gasteiger partial charge is 0.461 e. The lowest BCUT2D eigenvalue weighted by molar-refractivity contribution is -0.145. The van der Waals surface area contributed by atoms with Gasteiger partial charge >= 0.3 is 5.97 Å². The van der Waals surface area contributed by atoms with Gasteiger partial charge < -0.3 is 4.74 Å². The maximum absolute atomic E-state index is 11.6. The topological polar surface area (TPSA) is 26.3 Å². The highest BCUT2D eigenvalue weighted by Crippen LogP contribution is 2.21. The molecule has 1 aliphatic rings. The lowest BCUT2D eigenvalue weighted by Gasteiger charge is -2.08. The molecule has 0 fully saturated rings. The van der Waals surface area contributed by atoms with Gasteiger partial charge in [-0.15, -0.1) is 0 Å². The average Bonchev–Trinajstić information content (AvgIpc) is 2.81. The van der Waals surface area contributed by atoms with Crippen molar-refractivity contribution in [2.75, 3.05) is 0 Å². The number of halogens is 1. The van der Waals surface area contributed by atoms with Crippen LogP contribution in [0.4, 0.5) is 0 Å². The molecule has 1 aliphatic carbocycles. The summed E-state index contributed by atoms with van der Waals surface area (Å²) in [5.74, 6) is 0.240. The molecule has 0 aromatic heterocycles. The molecule has 0 bridgehead atoms. The number of benzene rings is 1. The maximum atomic E-state index is 11.6. The molecular weight excluding hydrogens is 236 g/mol. The van der Waals surface area contributed by atoms with E-state index in [4.69, 9.17) is 16.3 Å². The third-order valence-electron chi connectivity index (χ3n) is 2.85. The van der Waals surface area contributed by atoms with Gasteiger partial charge in [0.1, 0.15) is 6.61 Å². The zero-order valence-corrected chi connectivity index (χ0v) is 10.3. The molecule has 0 aliphatic heterocycles. The van der Waals surface area contributed by atoms with Gasteiger partial charge in [-0.2, -0.15) is 0 Å². The quantitative estimate of drug-likeness (QED) is 0.601. The molecule has 0 N–H and O–H groups in total. The first-order chi connectivity index (χ1) is 8.24. The standard InChI is InChI=1S/C14H15ClO2/c15-13-7-5-12(6-8-13)10-17-14(16)9-11-3-1-2-4-11/h1,3,5-8,11H,2,4,9-10H2. The summed E-state index contributed by atoms with van der Waals surface area (Å²) in [6, 6.07) is 7.32. The Bertz CT molecular complexity index is 409. The highest BCUT2D eigenvalue weighted by Gasteiger charge is 2.14. The Morgan fingerprint density at radius 3 is 2.76 bits per heavy atom. The monoisotopic (exact) mass is 250 g/mol. The van der Waals surface area contributed by atoms with Gasteiger partial charge in [0.15, 0.2) is 0 Å². The Labute approximate surface area is 106 Å². The van der Waals surface area contributed by atoms with E-state index in [0.29, 0.717) is 24.0 Å². The average molecular weight is 251 g/mol. The second-order valence-electron chi connectivity index (χ2n) is 4.26. The van der Waals surface area contributed by atoms with Crippen LogP contribution in [-0.2, 0) is 16.1 Å². The summed E-state index contributed by atoms with van der Waals surface area (Å²) in [5, 5.41) is 0.691. The molecule has 0 amide bonds. The molecule has 1 aromatic carbocycles. The fraction of sp³-hybridized carbons (Fsp3) is 0.357. The van der Waals surface area contributed by atoms with Crippen LogP contribution in [-0.4, -0.2) is 5.97 Å². The summed E-state index contributed by atoms with van der Waals surface area (Å²) < 4.78 is 5.21. The van der Waals surface area contributed by atoms with Gasteiger partial charge in [-0.3, -0.25) is 4.79 Å². The van der Waals surface area contributed by atoms with E-state index in [2.05, 4.69) is 12.2 Å². The molecule has 0 saturated heterocycles. The zero-order valence-electron chi connectivity index (χ0n) is 9.56. The van der Waals surface area contributed by atoms with E-state index >= 15 is 0 Å². The van der Waals surface area contributed by atoms with Crippen LogP contribution in [0.3, 0.4) is 0 Å². The normalized spacial score (nSPS) is 18.3. The molecule has 1 aromatic rings. The van der Waals surface area contributed by atoms with Crippen molar-refractivity contribution in [2.45, 2.75) is 25.9 Å². The summed E-state index contributed by atoms with van der Waals surface area (Å²) in [4.78, 5) is 11.6. The highest BCUT2D eigenvalue weighted by atomic mass is 35.5. The lowest BCUT2D eigenvalue weighted by Crippen LogP contribution is -2.08. The molecule has 2 rings (SSSR count). The van der Waals surface area contributed by atoms with Crippen LogP contribution in [0.15, 0.2) is 36.4 Å². The summed E-state index contributed by atoms with van der Waals surface area (Å²) in [7, 11) is 0. The second kappa shape index (κ2) is 5.87. The summed E-state index contributed by atoms with van der Waals surface area (Å²) in [6.45, 7) is 0.326. The van der Waals surface area contributed by atoms with Crippen molar-refractivity contribution in [3.05, 3.63) is 47.0 Å². The predicted octanol–water partition coefficient (Wildman–Crippen LogP) is 3.74. The molecule has 0 radical (unpaired) electrons. The predicted molar refractivity (Wildman–Crippen MR) is 67.7 cm³/mol. The molecule has 1 atom stereocenters. The van der Waals surface area contributed by atoms with Crippen molar-refractivity contribution in [1.82, 2.24) is 0 Å². The number of esters is 1. The summed E-state index contributed by atoms with van der Waals surface area (Å²) in [6.07, 6.45) is 6.86. The third kappa shape index (κ3) is 3.90. The van der Waals surface area contributed by atoms with Crippen molar-refractivity contribution in [1.29, 1.82) is 0 Å². The van der Waals surface area contributed by atoms with Crippen LogP contribution in [0.1, 0.15) is 24.8 Å². The van der Waals surface area contributed by atoms with Crippen molar-refractivity contribution >= 4 is 17.6 Å². The number of carbonyl (C=O) groups is 1. The molecule has 0 spiro atoms. The second-order valence-corrected chi connectivity index (χ2v) is 4.69. The van der Waals surface area contributed by atoms with Gasteiger partial charge in [0.05, 0.1) is 6.42 Å². The SMILES string of the molecule is O=C(CC1C=CCC1)OCc1ccc(Cl)cc1. The molecule has 90 valence electrons. The number of hydrogen-bond acceptors (Lipinski definition) is 2. The van der Waals surface area contributed by atoms with Gasteiger partial charge in [0.25, 0.3) is 0 Å². The van der Waals surface area contributed by atoms with E-state index in [9.17, 15) is 4.79 Å². The van der Waals surface area contributed by atoms with Gasteiger partial charge in [-0.1, -0.05) is 35.9 Å². The van der Waals surface area contributed by atoms with E-state index in [1.54, 1.807) is 12.1 Å². The first kappa shape index (κ1) is 12.2. The molecule has 3 heteroatoms. The molecule has 17 heavy (non-hydrogen) atoms. The fourth-order valence-electron chi connectivity index (χ4n) is 1.88. The minimum Gasteiger partial charge on any atom is -0.461 e. The lowest BCUT2D eigenvalue weighted by atomic mass is 10.1. The Hall–Kier alpha value is -1.28. The zero-order chi connectivity index (χ0) is 12.1. The maximum Gasteiger partial charge on any atom is 0.306 e. The van der Waals surface area contributed by atoms with Gasteiger partial charge in [0.2, 0.25) is 0 Å². The van der Waals surface area contributed by atoms with E-state index in [0.717, 1.165) is 18.4 Å². The van der Waals surface area contributed by atoms with Crippen LogP contribution < -0.4 is 0 Å². The van der Waals surface area contributed by atoms with E-state index in [-0.39, 0.29) is 5.97 Å². The van der Waals surface area contributed by atoms with Crippen LogP contribution >= 0.6 is 11.6 Å². The Morgan fingerprint density at radius 2 is 2.12 bits per heavy atom. The smallest absolute Gasteiger partial charge is 0.306 e. The minimum absolute atomic E-state index is 0.128. The molecule has 1 unspecified atom stereocenters. The molecule has 0 saturated carbocycles. The van der Waals surface area contributed by atoms with Gasteiger partial charge in [-0.25, -0.2) is 0 Å². The van der Waals surface area contributed by atoms with Crippen molar-refractivity contribution in [3.63, 3.8) is 0 Å². The minimum atomic E-state index is -0.128. The van der Waals surface area contributed by atoms with E-state index in [1.807, 2.05) is 12.1 Å². The third-order valence-corrected chi connectivity index (χ3v) is 3.11. The number of allylic oxidation sites excluding steroid dienone is 2. The molecule has 2 nitrogen and oxygen atoms in total. The molecule has 0 heterocycles. The van der Waals surface area contributed by atoms with Crippen LogP contribution in [0, 0.1) is 5.92 Å². The highest BCUT2D eigenvalue weighted by molar-refractivity contribution is 6.30. The van der Waals surface area contributed by atoms with E-state index < -0.39 is 0 Å². The van der Waals surface area contributed by atoms with E-state index in [1.165, 1.54) is 0 Å². The number of carbonyl (C=O) groups excluding carboxylic acids is 1. The molecular formula is C14H15ClO2. The summed E-state index contributed by atoms with van der Waals surface area (Å²) >= 11 is 5.77. The van der Waals surface area contributed by atoms with Crippen molar-refractivity contribution < 1.29 is 9.53 Å². The Kier molecular flexibility index (Phi) is 4.21. The Morgan fingerprint density at radius 1 is 1.35 bits per heavy atom. The van der Waals surface area contributed by atoms with Crippen molar-refractivity contribution in [2.24, 2.45) is 5.92 Å². The fourth-order valence-corrected chi connectivity index (χ4v) is 2.01. The summed E-state index contributed by atoms with van der Waals surface area (Å²) in [5.41, 5.74) is 0.963. The number of rotatable bonds is 4.